The van der Waals surface area contributed by atoms with Gasteiger partial charge in [0, 0.05) is 43.3 Å². The van der Waals surface area contributed by atoms with Gasteiger partial charge in [-0.25, -0.2) is 4.79 Å². The minimum atomic E-state index is -0.633. The number of aliphatic hydroxyl groups is 1. The number of likely N-dealkylation sites (tertiary alicyclic amines) is 2. The first-order chi connectivity index (χ1) is 14.8. The fourth-order valence-corrected chi connectivity index (χ4v) is 5.57. The summed E-state index contributed by atoms with van der Waals surface area (Å²) in [4.78, 5) is 40.1. The predicted octanol–water partition coefficient (Wildman–Crippen LogP) is 2.26. The number of carbonyl (C=O) groups is 3. The van der Waals surface area contributed by atoms with Crippen molar-refractivity contribution in [1.82, 2.24) is 9.80 Å². The van der Waals surface area contributed by atoms with Crippen molar-refractivity contribution in [2.75, 3.05) is 26.2 Å². The van der Waals surface area contributed by atoms with E-state index in [4.69, 9.17) is 4.74 Å². The van der Waals surface area contributed by atoms with Crippen LogP contribution in [0.5, 0.6) is 0 Å². The number of nitrogens with zero attached hydrogens (tertiary/aromatic N) is 2. The third-order valence-corrected chi connectivity index (χ3v) is 7.54. The number of esters is 1. The molecule has 1 aromatic rings. The average Bonchev–Trinajstić information content (AvgIpc) is 3.42. The molecule has 1 N–H and O–H groups in total. The van der Waals surface area contributed by atoms with Crippen LogP contribution >= 0.6 is 0 Å². The lowest BCUT2D eigenvalue weighted by Gasteiger charge is -2.39. The Labute approximate surface area is 181 Å². The quantitative estimate of drug-likeness (QED) is 0.746. The van der Waals surface area contributed by atoms with Gasteiger partial charge < -0.3 is 19.6 Å². The Hall–Kier alpha value is -2.51. The lowest BCUT2D eigenvalue weighted by Crippen LogP contribution is -2.43. The van der Waals surface area contributed by atoms with Crippen molar-refractivity contribution in [3.63, 3.8) is 0 Å². The van der Waals surface area contributed by atoms with E-state index in [-0.39, 0.29) is 29.7 Å². The summed E-state index contributed by atoms with van der Waals surface area (Å²) < 4.78 is 5.12. The molecule has 3 heterocycles. The lowest BCUT2D eigenvalue weighted by molar-refractivity contribution is -0.126. The molecule has 5 rings (SSSR count). The van der Waals surface area contributed by atoms with Crippen molar-refractivity contribution in [3.05, 3.63) is 46.2 Å². The van der Waals surface area contributed by atoms with Crippen LogP contribution in [-0.4, -0.2) is 58.7 Å². The van der Waals surface area contributed by atoms with Crippen molar-refractivity contribution in [3.8, 4) is 0 Å². The topological polar surface area (TPSA) is 87.2 Å². The Morgan fingerprint density at radius 1 is 1.16 bits per heavy atom. The zero-order valence-electron chi connectivity index (χ0n) is 17.9. The summed E-state index contributed by atoms with van der Waals surface area (Å²) in [7, 11) is 0. The molecule has 2 saturated heterocycles. The average molecular weight is 424 g/mol. The molecule has 1 spiro atoms. The highest BCUT2D eigenvalue weighted by Crippen LogP contribution is 2.43. The van der Waals surface area contributed by atoms with Gasteiger partial charge in [0.2, 0.25) is 5.91 Å². The normalized spacial score (nSPS) is 24.0. The number of hydrogen-bond donors (Lipinski definition) is 1. The van der Waals surface area contributed by atoms with Crippen LogP contribution in [-0.2, 0) is 20.9 Å². The highest BCUT2D eigenvalue weighted by atomic mass is 16.5. The monoisotopic (exact) mass is 424 g/mol. The molecule has 1 atom stereocenters. The van der Waals surface area contributed by atoms with Gasteiger partial charge in [-0.1, -0.05) is 6.07 Å². The van der Waals surface area contributed by atoms with E-state index in [0.717, 1.165) is 48.3 Å². The van der Waals surface area contributed by atoms with Gasteiger partial charge in [0.15, 0.2) is 5.78 Å². The Kier molecular flexibility index (Phi) is 4.98. The first-order valence-corrected chi connectivity index (χ1v) is 11.1. The smallest absolute Gasteiger partial charge is 0.338 e. The van der Waals surface area contributed by atoms with Crippen LogP contribution in [0.2, 0.25) is 0 Å². The second-order valence-electron chi connectivity index (χ2n) is 9.46. The van der Waals surface area contributed by atoms with Crippen molar-refractivity contribution < 1.29 is 24.2 Å². The molecule has 1 amide bonds. The summed E-state index contributed by atoms with van der Waals surface area (Å²) in [5.74, 6) is -0.0383. The van der Waals surface area contributed by atoms with Crippen molar-refractivity contribution >= 4 is 17.7 Å². The standard InChI is InChI=1S/C24H28N2O5/c1-15-18(4-5-19-20(15)13-31-23(19)30)21(28)12-25-8-6-24(7-9-25)11-22(29)26(14-24)16-2-3-17(27)10-16/h4-5,10,21,28H,2-3,6-9,11-14H2,1H3/t21-/m0/s1. The molecule has 0 unspecified atom stereocenters. The summed E-state index contributed by atoms with van der Waals surface area (Å²) in [6.45, 7) is 5.12. The molecule has 4 aliphatic rings. The number of piperidine rings is 1. The van der Waals surface area contributed by atoms with Gasteiger partial charge in [-0.3, -0.25) is 9.59 Å². The molecule has 3 aliphatic heterocycles. The Morgan fingerprint density at radius 3 is 2.65 bits per heavy atom. The molecule has 0 saturated carbocycles. The van der Waals surface area contributed by atoms with Crippen LogP contribution < -0.4 is 0 Å². The maximum absolute atomic E-state index is 12.6. The van der Waals surface area contributed by atoms with E-state index >= 15 is 0 Å². The second kappa shape index (κ2) is 7.57. The molecular weight excluding hydrogens is 396 g/mol. The van der Waals surface area contributed by atoms with Gasteiger partial charge in [0.25, 0.3) is 0 Å². The minimum absolute atomic E-state index is 0.0216. The van der Waals surface area contributed by atoms with Crippen LogP contribution in [0.15, 0.2) is 23.9 Å². The molecular formula is C24H28N2O5. The SMILES string of the molecule is Cc1c([C@@H](O)CN2CCC3(CC2)CC(=O)N(C2=CC(=O)CC2)C3)ccc2c1COC2=O. The maximum atomic E-state index is 12.6. The first kappa shape index (κ1) is 20.4. The molecule has 0 bridgehead atoms. The van der Waals surface area contributed by atoms with E-state index in [2.05, 4.69) is 4.90 Å². The number of allylic oxidation sites excluding steroid dienone is 2. The fourth-order valence-electron chi connectivity index (χ4n) is 5.57. The second-order valence-corrected chi connectivity index (χ2v) is 9.46. The number of ether oxygens (including phenoxy) is 1. The van der Waals surface area contributed by atoms with Crippen LogP contribution in [0.4, 0.5) is 0 Å². The molecule has 0 radical (unpaired) electrons. The van der Waals surface area contributed by atoms with Crippen molar-refractivity contribution in [2.24, 2.45) is 5.41 Å². The van der Waals surface area contributed by atoms with Gasteiger partial charge in [-0.05, 0) is 61.9 Å². The van der Waals surface area contributed by atoms with Crippen LogP contribution in [0, 0.1) is 12.3 Å². The van der Waals surface area contributed by atoms with E-state index < -0.39 is 6.10 Å². The number of aliphatic hydroxyl groups excluding tert-OH is 1. The van der Waals surface area contributed by atoms with Gasteiger partial charge in [0.05, 0.1) is 11.7 Å². The zero-order chi connectivity index (χ0) is 21.8. The van der Waals surface area contributed by atoms with E-state index in [1.165, 1.54) is 0 Å². The van der Waals surface area contributed by atoms with Gasteiger partial charge in [-0.2, -0.15) is 0 Å². The summed E-state index contributed by atoms with van der Waals surface area (Å²) in [5.41, 5.74) is 4.12. The predicted molar refractivity (Wildman–Crippen MR) is 112 cm³/mol. The van der Waals surface area contributed by atoms with E-state index in [9.17, 15) is 19.5 Å². The zero-order valence-corrected chi connectivity index (χ0v) is 17.9. The number of hydrogen-bond acceptors (Lipinski definition) is 6. The molecule has 7 nitrogen and oxygen atoms in total. The third kappa shape index (κ3) is 3.59. The lowest BCUT2D eigenvalue weighted by atomic mass is 9.77. The molecule has 1 aromatic carbocycles. The third-order valence-electron chi connectivity index (χ3n) is 7.54. The van der Waals surface area contributed by atoms with Crippen molar-refractivity contribution in [2.45, 2.75) is 51.7 Å². The van der Waals surface area contributed by atoms with Crippen LogP contribution in [0.25, 0.3) is 0 Å². The molecule has 7 heteroatoms. The number of rotatable bonds is 4. The minimum Gasteiger partial charge on any atom is -0.457 e. The summed E-state index contributed by atoms with van der Waals surface area (Å²) in [6.07, 6.45) is 4.57. The molecule has 31 heavy (non-hydrogen) atoms. The summed E-state index contributed by atoms with van der Waals surface area (Å²) in [6, 6.07) is 3.59. The maximum Gasteiger partial charge on any atom is 0.338 e. The molecule has 2 fully saturated rings. The van der Waals surface area contributed by atoms with Crippen LogP contribution in [0.3, 0.4) is 0 Å². The number of ketones is 1. The highest BCUT2D eigenvalue weighted by molar-refractivity contribution is 5.95. The molecule has 164 valence electrons. The Balaban J connectivity index is 1.21. The van der Waals surface area contributed by atoms with Crippen molar-refractivity contribution in [1.29, 1.82) is 0 Å². The fraction of sp³-hybridized carbons (Fsp3) is 0.542. The van der Waals surface area contributed by atoms with Gasteiger partial charge in [-0.15, -0.1) is 0 Å². The van der Waals surface area contributed by atoms with Crippen LogP contribution in [0.1, 0.15) is 65.3 Å². The summed E-state index contributed by atoms with van der Waals surface area (Å²) >= 11 is 0. The van der Waals surface area contributed by atoms with E-state index in [1.807, 2.05) is 17.9 Å². The van der Waals surface area contributed by atoms with E-state index in [1.54, 1.807) is 12.1 Å². The van der Waals surface area contributed by atoms with E-state index in [0.29, 0.717) is 37.9 Å². The Bertz CT molecular complexity index is 990. The van der Waals surface area contributed by atoms with Gasteiger partial charge >= 0.3 is 5.97 Å². The number of β-amino-alcohol motifs (C(OH)–C–C–N with tert-alkyl or cyclic N) is 1. The number of benzene rings is 1. The Morgan fingerprint density at radius 2 is 1.94 bits per heavy atom. The van der Waals surface area contributed by atoms with Gasteiger partial charge in [0.1, 0.15) is 6.61 Å². The first-order valence-electron chi connectivity index (χ1n) is 11.1. The number of carbonyl (C=O) groups excluding carboxylic acids is 3. The number of cyclic esters (lactones) is 1. The summed E-state index contributed by atoms with van der Waals surface area (Å²) in [5, 5.41) is 10.9. The largest absolute Gasteiger partial charge is 0.457 e. The highest BCUT2D eigenvalue weighted by Gasteiger charge is 2.46. The number of fused-ring (bicyclic) bond motifs is 1. The molecule has 1 aliphatic carbocycles. The molecule has 0 aromatic heterocycles. The number of amides is 1.